The van der Waals surface area contributed by atoms with Crippen molar-refractivity contribution < 1.29 is 19.1 Å². The number of nitrogens with zero attached hydrogens (tertiary/aromatic N) is 3. The van der Waals surface area contributed by atoms with Gasteiger partial charge in [-0.25, -0.2) is 4.79 Å². The molecular weight excluding hydrogens is 484 g/mol. The van der Waals surface area contributed by atoms with Crippen LogP contribution in [-0.2, 0) is 22.7 Å². The summed E-state index contributed by atoms with van der Waals surface area (Å²) in [6, 6.07) is 5.35. The van der Waals surface area contributed by atoms with Gasteiger partial charge in [-0.3, -0.25) is 9.36 Å². The lowest BCUT2D eigenvalue weighted by molar-refractivity contribution is -0.113. The fraction of sp³-hybridized carbons (Fsp3) is 0.273. The first-order valence-electron chi connectivity index (χ1n) is 9.85. The number of thioether (sulfide) groups is 1. The molecule has 0 saturated heterocycles. The summed E-state index contributed by atoms with van der Waals surface area (Å²) in [5.41, 5.74) is 2.19. The number of allylic oxidation sites excluding steroid dienone is 1. The molecule has 1 amide bonds. The Labute approximate surface area is 204 Å². The highest BCUT2D eigenvalue weighted by atomic mass is 35.5. The number of methoxy groups -OCH3 is 1. The molecule has 2 heterocycles. The quantitative estimate of drug-likeness (QED) is 0.237. The lowest BCUT2D eigenvalue weighted by Gasteiger charge is -2.11. The number of amides is 1. The van der Waals surface area contributed by atoms with Crippen molar-refractivity contribution in [2.24, 2.45) is 0 Å². The van der Waals surface area contributed by atoms with Crippen LogP contribution in [0.5, 0.6) is 5.75 Å². The first-order chi connectivity index (χ1) is 15.8. The predicted octanol–water partition coefficient (Wildman–Crippen LogP) is 4.89. The Balaban J connectivity index is 1.64. The van der Waals surface area contributed by atoms with Gasteiger partial charge in [0.25, 0.3) is 0 Å². The van der Waals surface area contributed by atoms with Crippen molar-refractivity contribution in [1.29, 1.82) is 0 Å². The number of aromatic nitrogens is 3. The zero-order chi connectivity index (χ0) is 24.0. The summed E-state index contributed by atoms with van der Waals surface area (Å²) in [6.07, 6.45) is 1.72. The highest BCUT2D eigenvalue weighted by Crippen LogP contribution is 2.27. The molecule has 33 heavy (non-hydrogen) atoms. The van der Waals surface area contributed by atoms with E-state index in [0.29, 0.717) is 33.8 Å². The molecule has 0 aliphatic rings. The number of aryl methyl sites for hydroxylation is 2. The van der Waals surface area contributed by atoms with Crippen molar-refractivity contribution in [3.8, 4) is 5.75 Å². The van der Waals surface area contributed by atoms with E-state index < -0.39 is 5.97 Å². The van der Waals surface area contributed by atoms with E-state index in [9.17, 15) is 9.59 Å². The number of halogens is 1. The standard InChI is InChI=1S/C22H23ClN4O4S2/c1-5-7-27-17(11-31-15-9-13(2)19(23)14(3)10-15)25-26-22(27)33-12-18(28)24-20-16(6-8-32-20)21(29)30-4/h5-6,8-10H,1,7,11-12H2,2-4H3,(H,24,28). The number of thiophene rings is 1. The molecule has 1 aromatic carbocycles. The normalized spacial score (nSPS) is 10.7. The molecule has 11 heteroatoms. The van der Waals surface area contributed by atoms with Crippen molar-refractivity contribution in [2.75, 3.05) is 18.2 Å². The number of esters is 1. The Hall–Kier alpha value is -2.82. The number of ether oxygens (including phenoxy) is 2. The van der Waals surface area contributed by atoms with Gasteiger partial charge in [-0.15, -0.1) is 28.1 Å². The summed E-state index contributed by atoms with van der Waals surface area (Å²) >= 11 is 8.71. The van der Waals surface area contributed by atoms with Gasteiger partial charge in [0.05, 0.1) is 18.4 Å². The van der Waals surface area contributed by atoms with Crippen LogP contribution in [0.2, 0.25) is 5.02 Å². The van der Waals surface area contributed by atoms with E-state index in [4.69, 9.17) is 21.1 Å². The Kier molecular flexibility index (Phi) is 8.54. The zero-order valence-corrected chi connectivity index (χ0v) is 20.8. The van der Waals surface area contributed by atoms with Crippen molar-refractivity contribution in [3.05, 3.63) is 63.8 Å². The van der Waals surface area contributed by atoms with Crippen molar-refractivity contribution in [3.63, 3.8) is 0 Å². The molecule has 0 fully saturated rings. The molecule has 0 saturated carbocycles. The van der Waals surface area contributed by atoms with Crippen LogP contribution in [0, 0.1) is 13.8 Å². The van der Waals surface area contributed by atoms with Gasteiger partial charge >= 0.3 is 5.97 Å². The third-order valence-corrected chi connectivity index (χ3v) is 6.93. The molecule has 0 bridgehead atoms. The van der Waals surface area contributed by atoms with Crippen LogP contribution in [0.3, 0.4) is 0 Å². The SMILES string of the molecule is C=CCn1c(COc2cc(C)c(Cl)c(C)c2)nnc1SCC(=O)Nc1sccc1C(=O)OC. The van der Waals surface area contributed by atoms with Crippen LogP contribution in [-0.4, -0.2) is 39.5 Å². The molecule has 8 nitrogen and oxygen atoms in total. The van der Waals surface area contributed by atoms with E-state index in [0.717, 1.165) is 16.1 Å². The average Bonchev–Trinajstić information content (AvgIpc) is 3.41. The van der Waals surface area contributed by atoms with E-state index in [1.165, 1.54) is 30.2 Å². The van der Waals surface area contributed by atoms with Crippen LogP contribution in [0.25, 0.3) is 0 Å². The van der Waals surface area contributed by atoms with Crippen molar-refractivity contribution in [1.82, 2.24) is 14.8 Å². The van der Waals surface area contributed by atoms with Crippen molar-refractivity contribution in [2.45, 2.75) is 32.2 Å². The van der Waals surface area contributed by atoms with Crippen molar-refractivity contribution >= 4 is 51.6 Å². The number of hydrogen-bond donors (Lipinski definition) is 1. The molecule has 0 aliphatic carbocycles. The number of benzene rings is 1. The number of nitrogens with one attached hydrogen (secondary N) is 1. The molecule has 1 N–H and O–H groups in total. The van der Waals surface area contributed by atoms with E-state index in [1.54, 1.807) is 17.5 Å². The van der Waals surface area contributed by atoms with Gasteiger partial charge < -0.3 is 14.8 Å². The monoisotopic (exact) mass is 506 g/mol. The largest absolute Gasteiger partial charge is 0.486 e. The van der Waals surface area contributed by atoms with E-state index in [-0.39, 0.29) is 18.3 Å². The fourth-order valence-electron chi connectivity index (χ4n) is 2.95. The molecule has 0 radical (unpaired) electrons. The number of rotatable bonds is 10. The molecule has 3 rings (SSSR count). The van der Waals surface area contributed by atoms with Crippen LogP contribution in [0.15, 0.2) is 41.4 Å². The summed E-state index contributed by atoms with van der Waals surface area (Å²) in [4.78, 5) is 24.2. The maximum absolute atomic E-state index is 12.4. The smallest absolute Gasteiger partial charge is 0.340 e. The van der Waals surface area contributed by atoms with E-state index in [2.05, 4.69) is 22.1 Å². The average molecular weight is 507 g/mol. The van der Waals surface area contributed by atoms with Crippen LogP contribution in [0.1, 0.15) is 27.3 Å². The minimum atomic E-state index is -0.499. The number of hydrogen-bond acceptors (Lipinski definition) is 8. The minimum Gasteiger partial charge on any atom is -0.486 e. The van der Waals surface area contributed by atoms with Gasteiger partial charge in [-0.05, 0) is 48.6 Å². The maximum atomic E-state index is 12.4. The summed E-state index contributed by atoms with van der Waals surface area (Å²) in [5.74, 6) is 0.610. The van der Waals surface area contributed by atoms with E-state index >= 15 is 0 Å². The Morgan fingerprint density at radius 1 is 1.30 bits per heavy atom. The zero-order valence-electron chi connectivity index (χ0n) is 18.4. The first kappa shape index (κ1) is 24.8. The van der Waals surface area contributed by atoms with Gasteiger partial charge in [0.15, 0.2) is 11.0 Å². The molecular formula is C22H23ClN4O4S2. The van der Waals surface area contributed by atoms with Gasteiger partial charge in [0.1, 0.15) is 17.4 Å². The Bertz CT molecular complexity index is 1150. The lowest BCUT2D eigenvalue weighted by Crippen LogP contribution is -2.16. The lowest BCUT2D eigenvalue weighted by atomic mass is 10.1. The summed E-state index contributed by atoms with van der Waals surface area (Å²) in [6.45, 7) is 8.30. The second-order valence-corrected chi connectivity index (χ2v) is 9.19. The first-order valence-corrected chi connectivity index (χ1v) is 12.1. The Morgan fingerprint density at radius 2 is 2.03 bits per heavy atom. The summed E-state index contributed by atoms with van der Waals surface area (Å²) in [7, 11) is 1.30. The molecule has 0 atom stereocenters. The highest BCUT2D eigenvalue weighted by molar-refractivity contribution is 7.99. The van der Waals surface area contributed by atoms with Crippen LogP contribution >= 0.6 is 34.7 Å². The van der Waals surface area contributed by atoms with E-state index in [1.807, 2.05) is 30.5 Å². The molecule has 174 valence electrons. The summed E-state index contributed by atoms with van der Waals surface area (Å²) in [5, 5.41) is 14.6. The van der Waals surface area contributed by atoms with Gasteiger partial charge in [0.2, 0.25) is 5.91 Å². The second kappa shape index (κ2) is 11.4. The third kappa shape index (κ3) is 6.16. The third-order valence-electron chi connectivity index (χ3n) is 4.54. The number of anilines is 1. The second-order valence-electron chi connectivity index (χ2n) is 6.95. The fourth-order valence-corrected chi connectivity index (χ4v) is 4.62. The predicted molar refractivity (Wildman–Crippen MR) is 130 cm³/mol. The molecule has 3 aromatic rings. The van der Waals surface area contributed by atoms with Gasteiger partial charge in [-0.2, -0.15) is 0 Å². The molecule has 0 spiro atoms. The molecule has 0 unspecified atom stereocenters. The van der Waals surface area contributed by atoms with Gasteiger partial charge in [-0.1, -0.05) is 29.4 Å². The molecule has 2 aromatic heterocycles. The maximum Gasteiger partial charge on any atom is 0.340 e. The Morgan fingerprint density at radius 3 is 2.70 bits per heavy atom. The number of carbonyl (C=O) groups is 2. The summed E-state index contributed by atoms with van der Waals surface area (Å²) < 4.78 is 12.5. The van der Waals surface area contributed by atoms with Gasteiger partial charge in [0, 0.05) is 11.6 Å². The van der Waals surface area contributed by atoms with Crippen LogP contribution < -0.4 is 10.1 Å². The van der Waals surface area contributed by atoms with Crippen LogP contribution in [0.4, 0.5) is 5.00 Å². The molecule has 0 aliphatic heterocycles. The number of carbonyl (C=O) groups excluding carboxylic acids is 2. The minimum absolute atomic E-state index is 0.0875. The topological polar surface area (TPSA) is 95.3 Å². The highest BCUT2D eigenvalue weighted by Gasteiger charge is 2.18.